The van der Waals surface area contributed by atoms with E-state index in [1.807, 2.05) is 36.4 Å². The second-order valence-corrected chi connectivity index (χ2v) is 13.7. The summed E-state index contributed by atoms with van der Waals surface area (Å²) in [6.07, 6.45) is 2.73. The lowest BCUT2D eigenvalue weighted by Crippen LogP contribution is -2.38. The number of alkyl carbamates (subject to hydrolysis) is 1. The number of carbonyl (C=O) groups excluding carboxylic acids is 3. The summed E-state index contributed by atoms with van der Waals surface area (Å²) in [7, 11) is 1.26. The van der Waals surface area contributed by atoms with Gasteiger partial charge in [-0.2, -0.15) is 0 Å². The Bertz CT molecular complexity index is 2030. The third-order valence-electron chi connectivity index (χ3n) is 9.59. The Kier molecular flexibility index (Phi) is 16.8. The van der Waals surface area contributed by atoms with E-state index in [0.717, 1.165) is 16.7 Å². The molecule has 4 aromatic rings. The predicted molar refractivity (Wildman–Crippen MR) is 218 cm³/mol. The van der Waals surface area contributed by atoms with Crippen molar-refractivity contribution in [3.8, 4) is 22.6 Å². The molecular weight excluding hydrogens is 792 g/mol. The highest BCUT2D eigenvalue weighted by Gasteiger charge is 2.31. The van der Waals surface area contributed by atoms with Crippen molar-refractivity contribution in [2.24, 2.45) is 0 Å². The molecule has 0 bridgehead atoms. The molecule has 61 heavy (non-hydrogen) atoms. The van der Waals surface area contributed by atoms with Gasteiger partial charge in [-0.25, -0.2) is 14.4 Å². The molecule has 0 spiro atoms. The fourth-order valence-electron chi connectivity index (χ4n) is 6.64. The van der Waals surface area contributed by atoms with Gasteiger partial charge < -0.3 is 47.9 Å². The minimum Gasteiger partial charge on any atom is -0.467 e. The number of nitrogens with zero attached hydrogens (tertiary/aromatic N) is 1. The van der Waals surface area contributed by atoms with Gasteiger partial charge in [-0.05, 0) is 71.3 Å². The highest BCUT2D eigenvalue weighted by Crippen LogP contribution is 2.44. The Labute approximate surface area is 353 Å². The van der Waals surface area contributed by atoms with E-state index in [2.05, 4.69) is 29.6 Å². The van der Waals surface area contributed by atoms with Crippen LogP contribution in [0.25, 0.3) is 11.1 Å². The predicted octanol–water partition coefficient (Wildman–Crippen LogP) is 6.72. The number of ether oxygens (including phenoxy) is 9. The van der Waals surface area contributed by atoms with Gasteiger partial charge in [-0.15, -0.1) is 0 Å². The molecule has 1 unspecified atom stereocenters. The van der Waals surface area contributed by atoms with Crippen LogP contribution in [0, 0.1) is 29.4 Å². The molecule has 4 aromatic carbocycles. The SMILES string of the molecule is COC(=O)[C@@H]1[CH][CH][CH]C(Oc2ccc(CCCOCCOCCOCCNC(=O)OCC3c4ccccc4-c4ccccc43)cc2COC(=O)Oc2ccc([N+](=O)[O-])cc2)O1. The number of carbonyl (C=O) groups is 3. The largest absolute Gasteiger partial charge is 0.514 e. The smallest absolute Gasteiger partial charge is 0.467 e. The molecule has 1 N–H and O–H groups in total. The summed E-state index contributed by atoms with van der Waals surface area (Å²) >= 11 is 0. The number of aryl methyl sites for hydroxylation is 1. The molecule has 1 aliphatic heterocycles. The minimum atomic E-state index is -1.02. The van der Waals surface area contributed by atoms with Crippen LogP contribution >= 0.6 is 0 Å². The minimum absolute atomic E-state index is 0.000443. The van der Waals surface area contributed by atoms with Gasteiger partial charge in [0.25, 0.3) is 5.69 Å². The quantitative estimate of drug-likeness (QED) is 0.0219. The number of hydrogen-bond acceptors (Lipinski definition) is 14. The highest BCUT2D eigenvalue weighted by molar-refractivity contribution is 5.79. The Morgan fingerprint density at radius 1 is 0.787 bits per heavy atom. The summed E-state index contributed by atoms with van der Waals surface area (Å²) in [5.41, 5.74) is 5.94. The van der Waals surface area contributed by atoms with Crippen LogP contribution in [0.4, 0.5) is 15.3 Å². The number of fused-ring (bicyclic) bond motifs is 3. The van der Waals surface area contributed by atoms with Crippen molar-refractivity contribution >= 4 is 23.9 Å². The summed E-state index contributed by atoms with van der Waals surface area (Å²) in [5, 5.41) is 13.7. The third-order valence-corrected chi connectivity index (χ3v) is 9.59. The van der Waals surface area contributed by atoms with Crippen LogP contribution in [0.15, 0.2) is 91.0 Å². The second-order valence-electron chi connectivity index (χ2n) is 13.7. The Hall–Kier alpha value is -6.07. The van der Waals surface area contributed by atoms with Crippen LogP contribution < -0.4 is 14.8 Å². The van der Waals surface area contributed by atoms with Crippen LogP contribution in [-0.2, 0) is 51.0 Å². The molecule has 2 aliphatic rings. The molecule has 1 aliphatic carbocycles. The molecule has 6 rings (SSSR count). The zero-order valence-corrected chi connectivity index (χ0v) is 33.6. The first-order valence-electron chi connectivity index (χ1n) is 19.7. The lowest BCUT2D eigenvalue weighted by atomic mass is 9.98. The van der Waals surface area contributed by atoms with E-state index in [-0.39, 0.29) is 30.6 Å². The van der Waals surface area contributed by atoms with Crippen LogP contribution in [0.2, 0.25) is 0 Å². The van der Waals surface area contributed by atoms with E-state index in [1.54, 1.807) is 18.9 Å². The van der Waals surface area contributed by atoms with E-state index < -0.39 is 35.5 Å². The summed E-state index contributed by atoms with van der Waals surface area (Å²) in [6, 6.07) is 26.8. The maximum atomic E-state index is 12.5. The van der Waals surface area contributed by atoms with E-state index >= 15 is 0 Å². The van der Waals surface area contributed by atoms with Crippen molar-refractivity contribution in [1.82, 2.24) is 5.32 Å². The summed E-state index contributed by atoms with van der Waals surface area (Å²) < 4.78 is 49.4. The average Bonchev–Trinajstić information content (AvgIpc) is 3.60. The second kappa shape index (κ2) is 23.1. The molecule has 16 nitrogen and oxygen atoms in total. The molecule has 1 fully saturated rings. The third kappa shape index (κ3) is 13.2. The highest BCUT2D eigenvalue weighted by atomic mass is 16.7. The van der Waals surface area contributed by atoms with Crippen molar-refractivity contribution in [2.75, 3.05) is 59.9 Å². The summed E-state index contributed by atoms with van der Waals surface area (Å²) in [5.74, 6) is -0.163. The molecular formula is C45H47N2O14. The average molecular weight is 840 g/mol. The first kappa shape index (κ1) is 44.5. The van der Waals surface area contributed by atoms with Gasteiger partial charge in [0.15, 0.2) is 6.10 Å². The standard InChI is InChI=1S/C45H47N2O14/c1-53-43(48)41-13-6-14-42(61-41)60-40-20-15-31(28-32(40)29-58-45(50)59-34-18-16-33(17-19-34)47(51)52)8-7-22-54-24-26-56-27-25-55-23-21-46-44(49)57-30-39-37-11-4-2-9-35(37)36-10-3-5-12-38(36)39/h2-6,9-20,28,39,41-42H,7-8,21-27,29-30H2,1H3,(H,46,49)/t41-,42?/m0/s1. The van der Waals surface area contributed by atoms with Gasteiger partial charge in [-0.1, -0.05) is 54.6 Å². The van der Waals surface area contributed by atoms with Gasteiger partial charge in [0.05, 0.1) is 45.1 Å². The number of nitrogens with one attached hydrogen (secondary N) is 1. The molecule has 321 valence electrons. The van der Waals surface area contributed by atoms with E-state index in [4.69, 9.17) is 42.6 Å². The zero-order chi connectivity index (χ0) is 42.8. The number of esters is 1. The van der Waals surface area contributed by atoms with Gasteiger partial charge in [0, 0.05) is 49.6 Å². The monoisotopic (exact) mass is 839 g/mol. The number of hydrogen-bond donors (Lipinski definition) is 1. The zero-order valence-electron chi connectivity index (χ0n) is 33.6. The molecule has 0 aromatic heterocycles. The van der Waals surface area contributed by atoms with Crippen LogP contribution in [0.1, 0.15) is 34.6 Å². The maximum absolute atomic E-state index is 12.5. The van der Waals surface area contributed by atoms with Crippen LogP contribution in [-0.4, -0.2) is 95.4 Å². The lowest BCUT2D eigenvalue weighted by Gasteiger charge is -2.28. The van der Waals surface area contributed by atoms with E-state index in [1.165, 1.54) is 48.9 Å². The number of benzene rings is 4. The topological polar surface area (TPSA) is 189 Å². The molecule has 16 heteroatoms. The Balaban J connectivity index is 0.845. The Morgan fingerprint density at radius 2 is 1.46 bits per heavy atom. The van der Waals surface area contributed by atoms with Crippen molar-refractivity contribution in [3.63, 3.8) is 0 Å². The number of methoxy groups -OCH3 is 1. The van der Waals surface area contributed by atoms with Crippen molar-refractivity contribution in [1.29, 1.82) is 0 Å². The summed E-state index contributed by atoms with van der Waals surface area (Å²) in [4.78, 5) is 47.2. The number of rotatable bonds is 22. The number of nitro groups is 1. The van der Waals surface area contributed by atoms with Gasteiger partial charge in [0.1, 0.15) is 24.7 Å². The molecule has 0 saturated carbocycles. The van der Waals surface area contributed by atoms with Crippen molar-refractivity contribution < 1.29 is 61.9 Å². The number of non-ortho nitro benzene ring substituents is 1. The van der Waals surface area contributed by atoms with E-state index in [9.17, 15) is 24.5 Å². The van der Waals surface area contributed by atoms with Gasteiger partial charge >= 0.3 is 18.2 Å². The molecule has 2 atom stereocenters. The molecule has 3 radical (unpaired) electrons. The van der Waals surface area contributed by atoms with Gasteiger partial charge in [0.2, 0.25) is 6.29 Å². The maximum Gasteiger partial charge on any atom is 0.514 e. The van der Waals surface area contributed by atoms with Gasteiger partial charge in [-0.3, -0.25) is 10.1 Å². The number of nitro benzene ring substituents is 1. The molecule has 1 saturated heterocycles. The number of amides is 1. The van der Waals surface area contributed by atoms with Crippen LogP contribution in [0.3, 0.4) is 0 Å². The van der Waals surface area contributed by atoms with Crippen molar-refractivity contribution in [2.45, 2.75) is 37.8 Å². The fourth-order valence-corrected chi connectivity index (χ4v) is 6.64. The summed E-state index contributed by atoms with van der Waals surface area (Å²) in [6.45, 7) is 2.63. The first-order chi connectivity index (χ1) is 29.8. The Morgan fingerprint density at radius 3 is 2.15 bits per heavy atom. The lowest BCUT2D eigenvalue weighted by molar-refractivity contribution is -0.384. The fraction of sp³-hybridized carbons (Fsp3) is 0.333. The normalized spacial score (nSPS) is 15.6. The van der Waals surface area contributed by atoms with Crippen LogP contribution in [0.5, 0.6) is 11.5 Å². The first-order valence-corrected chi connectivity index (χ1v) is 19.7. The van der Waals surface area contributed by atoms with E-state index in [0.29, 0.717) is 70.3 Å². The molecule has 1 amide bonds. The molecule has 1 heterocycles. The van der Waals surface area contributed by atoms with Crippen molar-refractivity contribution in [3.05, 3.63) is 143 Å².